The van der Waals surface area contributed by atoms with Crippen molar-refractivity contribution in [2.45, 2.75) is 39.6 Å². The van der Waals surface area contributed by atoms with Gasteiger partial charge in [-0.2, -0.15) is 0 Å². The molecule has 0 aromatic heterocycles. The highest BCUT2D eigenvalue weighted by Crippen LogP contribution is 2.10. The Labute approximate surface area is 119 Å². The van der Waals surface area contributed by atoms with Crippen molar-refractivity contribution in [3.8, 4) is 0 Å². The van der Waals surface area contributed by atoms with E-state index in [2.05, 4.69) is 10.0 Å². The average Bonchev–Trinajstić information content (AvgIpc) is 2.34. The predicted molar refractivity (Wildman–Crippen MR) is 72.0 cm³/mol. The molecular formula is C12H23N3O5. The molecule has 0 bridgehead atoms. The van der Waals surface area contributed by atoms with Gasteiger partial charge in [0.2, 0.25) is 0 Å². The zero-order valence-corrected chi connectivity index (χ0v) is 12.5. The summed E-state index contributed by atoms with van der Waals surface area (Å²) >= 11 is 0. The standard InChI is InChI=1S/C12H23N3O5/c1-5-18-11(10(16)20-12(2,3)4)19-9-8-17-7-6-14-15-13/h11H,5-9H2,1-4H3. The molecule has 0 saturated carbocycles. The number of hydrogen-bond donors (Lipinski definition) is 0. The van der Waals surface area contributed by atoms with Crippen LogP contribution in [0.1, 0.15) is 27.7 Å². The van der Waals surface area contributed by atoms with E-state index in [1.165, 1.54) is 0 Å². The molecule has 0 amide bonds. The van der Waals surface area contributed by atoms with Crippen molar-refractivity contribution in [1.29, 1.82) is 0 Å². The summed E-state index contributed by atoms with van der Waals surface area (Å²) in [5, 5.41) is 3.32. The summed E-state index contributed by atoms with van der Waals surface area (Å²) in [4.78, 5) is 14.4. The van der Waals surface area contributed by atoms with Gasteiger partial charge in [0, 0.05) is 18.1 Å². The van der Waals surface area contributed by atoms with E-state index in [0.717, 1.165) is 0 Å². The molecule has 0 fully saturated rings. The van der Waals surface area contributed by atoms with E-state index in [1.807, 2.05) is 0 Å². The molecule has 0 heterocycles. The minimum absolute atomic E-state index is 0.181. The average molecular weight is 289 g/mol. The molecule has 0 radical (unpaired) electrons. The molecule has 0 aliphatic carbocycles. The maximum Gasteiger partial charge on any atom is 0.364 e. The summed E-state index contributed by atoms with van der Waals surface area (Å²) in [6.07, 6.45) is -1.06. The van der Waals surface area contributed by atoms with Crippen LogP contribution < -0.4 is 0 Å². The summed E-state index contributed by atoms with van der Waals surface area (Å²) in [6.45, 7) is 8.43. The lowest BCUT2D eigenvalue weighted by molar-refractivity contribution is -0.205. The molecule has 1 atom stereocenters. The zero-order valence-electron chi connectivity index (χ0n) is 12.5. The van der Waals surface area contributed by atoms with E-state index in [0.29, 0.717) is 13.2 Å². The molecule has 0 aromatic carbocycles. The Hall–Kier alpha value is -1.34. The monoisotopic (exact) mass is 289 g/mol. The minimum atomic E-state index is -1.06. The van der Waals surface area contributed by atoms with Gasteiger partial charge in [-0.15, -0.1) is 0 Å². The molecule has 0 aromatic rings. The lowest BCUT2D eigenvalue weighted by atomic mass is 10.2. The Kier molecular flexibility index (Phi) is 9.75. The fourth-order valence-electron chi connectivity index (χ4n) is 1.15. The van der Waals surface area contributed by atoms with E-state index >= 15 is 0 Å². The van der Waals surface area contributed by atoms with Crippen LogP contribution in [0, 0.1) is 0 Å². The van der Waals surface area contributed by atoms with Crippen molar-refractivity contribution in [3.63, 3.8) is 0 Å². The topological polar surface area (TPSA) is 103 Å². The zero-order chi connectivity index (χ0) is 15.4. The van der Waals surface area contributed by atoms with Gasteiger partial charge >= 0.3 is 5.97 Å². The molecular weight excluding hydrogens is 266 g/mol. The molecule has 0 saturated heterocycles. The summed E-state index contributed by atoms with van der Waals surface area (Å²) in [5.41, 5.74) is 7.47. The van der Waals surface area contributed by atoms with Crippen LogP contribution in [0.15, 0.2) is 5.11 Å². The molecule has 8 nitrogen and oxygen atoms in total. The highest BCUT2D eigenvalue weighted by molar-refractivity contribution is 5.73. The summed E-state index contributed by atoms with van der Waals surface area (Å²) in [7, 11) is 0. The Balaban J connectivity index is 3.96. The molecule has 0 rings (SSSR count). The summed E-state index contributed by atoms with van der Waals surface area (Å²) < 4.78 is 20.8. The molecule has 0 spiro atoms. The minimum Gasteiger partial charge on any atom is -0.456 e. The van der Waals surface area contributed by atoms with E-state index in [4.69, 9.17) is 24.5 Å². The van der Waals surface area contributed by atoms with Gasteiger partial charge in [-0.1, -0.05) is 5.11 Å². The molecule has 0 aliphatic rings. The van der Waals surface area contributed by atoms with Crippen LogP contribution in [-0.2, 0) is 23.7 Å². The maximum atomic E-state index is 11.8. The molecule has 1 unspecified atom stereocenters. The second-order valence-electron chi connectivity index (χ2n) is 4.76. The number of esters is 1. The summed E-state index contributed by atoms with van der Waals surface area (Å²) in [5.74, 6) is -0.562. The van der Waals surface area contributed by atoms with Crippen LogP contribution in [0.4, 0.5) is 0 Å². The van der Waals surface area contributed by atoms with Gasteiger partial charge < -0.3 is 18.9 Å². The number of azide groups is 1. The molecule has 116 valence electrons. The summed E-state index contributed by atoms with van der Waals surface area (Å²) in [6, 6.07) is 0. The maximum absolute atomic E-state index is 11.8. The van der Waals surface area contributed by atoms with Crippen molar-refractivity contribution in [1.82, 2.24) is 0 Å². The molecule has 0 N–H and O–H groups in total. The van der Waals surface area contributed by atoms with E-state index < -0.39 is 17.9 Å². The van der Waals surface area contributed by atoms with E-state index in [1.54, 1.807) is 27.7 Å². The molecule has 8 heteroatoms. The first-order chi connectivity index (χ1) is 9.40. The lowest BCUT2D eigenvalue weighted by Crippen LogP contribution is -2.36. The van der Waals surface area contributed by atoms with Gasteiger partial charge in [0.25, 0.3) is 6.29 Å². The third-order valence-electron chi connectivity index (χ3n) is 1.81. The number of carbonyl (C=O) groups excluding carboxylic acids is 1. The third-order valence-corrected chi connectivity index (χ3v) is 1.81. The number of carbonyl (C=O) groups is 1. The van der Waals surface area contributed by atoms with Crippen molar-refractivity contribution in [2.75, 3.05) is 33.0 Å². The van der Waals surface area contributed by atoms with Crippen LogP contribution in [0.2, 0.25) is 0 Å². The Bertz CT molecular complexity index is 324. The normalized spacial score (nSPS) is 12.6. The highest BCUT2D eigenvalue weighted by atomic mass is 16.7. The number of hydrogen-bond acceptors (Lipinski definition) is 6. The van der Waals surface area contributed by atoms with Gasteiger partial charge in [-0.25, -0.2) is 4.79 Å². The van der Waals surface area contributed by atoms with Gasteiger partial charge in [0.1, 0.15) is 5.60 Å². The van der Waals surface area contributed by atoms with Gasteiger partial charge in [0.15, 0.2) is 0 Å². The SMILES string of the molecule is CCOC(OCCOCCN=[N+]=[N-])C(=O)OC(C)(C)C. The molecule has 20 heavy (non-hydrogen) atoms. The third kappa shape index (κ3) is 10.6. The quantitative estimate of drug-likeness (QED) is 0.153. The van der Waals surface area contributed by atoms with Crippen LogP contribution in [0.3, 0.4) is 0 Å². The first-order valence-electron chi connectivity index (χ1n) is 6.45. The van der Waals surface area contributed by atoms with Crippen LogP contribution in [0.25, 0.3) is 10.4 Å². The second kappa shape index (κ2) is 10.4. The van der Waals surface area contributed by atoms with Crippen molar-refractivity contribution >= 4 is 5.97 Å². The smallest absolute Gasteiger partial charge is 0.364 e. The lowest BCUT2D eigenvalue weighted by Gasteiger charge is -2.23. The fourth-order valence-corrected chi connectivity index (χ4v) is 1.15. The van der Waals surface area contributed by atoms with E-state index in [9.17, 15) is 4.79 Å². The molecule has 0 aliphatic heterocycles. The Morgan fingerprint density at radius 1 is 1.25 bits per heavy atom. The number of rotatable bonds is 10. The van der Waals surface area contributed by atoms with E-state index in [-0.39, 0.29) is 19.8 Å². The van der Waals surface area contributed by atoms with Gasteiger partial charge in [-0.05, 0) is 33.2 Å². The van der Waals surface area contributed by atoms with Crippen LogP contribution in [-0.4, -0.2) is 50.8 Å². The highest BCUT2D eigenvalue weighted by Gasteiger charge is 2.26. The van der Waals surface area contributed by atoms with Crippen LogP contribution in [0.5, 0.6) is 0 Å². The Morgan fingerprint density at radius 3 is 2.50 bits per heavy atom. The first kappa shape index (κ1) is 18.7. The van der Waals surface area contributed by atoms with Gasteiger partial charge in [0.05, 0.1) is 19.8 Å². The van der Waals surface area contributed by atoms with Crippen molar-refractivity contribution < 1.29 is 23.7 Å². The largest absolute Gasteiger partial charge is 0.456 e. The van der Waals surface area contributed by atoms with Gasteiger partial charge in [-0.3, -0.25) is 0 Å². The number of nitrogens with zero attached hydrogens (tertiary/aromatic N) is 3. The predicted octanol–water partition coefficient (Wildman–Crippen LogP) is 2.03. The Morgan fingerprint density at radius 2 is 1.95 bits per heavy atom. The first-order valence-corrected chi connectivity index (χ1v) is 6.45. The number of ether oxygens (including phenoxy) is 4. The van der Waals surface area contributed by atoms with Crippen molar-refractivity contribution in [3.05, 3.63) is 10.4 Å². The second-order valence-corrected chi connectivity index (χ2v) is 4.76. The fraction of sp³-hybridized carbons (Fsp3) is 0.917. The van der Waals surface area contributed by atoms with Crippen LogP contribution >= 0.6 is 0 Å². The van der Waals surface area contributed by atoms with Crippen molar-refractivity contribution in [2.24, 2.45) is 5.11 Å².